The zero-order valence-electron chi connectivity index (χ0n) is 15.9. The first kappa shape index (κ1) is 19.5. The molecular weight excluding hydrogens is 398 g/mol. The summed E-state index contributed by atoms with van der Waals surface area (Å²) < 4.78 is 0. The number of benzene rings is 2. The van der Waals surface area contributed by atoms with Crippen LogP contribution in [0.4, 0.5) is 17.3 Å². The van der Waals surface area contributed by atoms with E-state index in [0.717, 1.165) is 22.5 Å². The molecule has 1 amide bonds. The van der Waals surface area contributed by atoms with Crippen LogP contribution in [0.15, 0.2) is 85.3 Å². The van der Waals surface area contributed by atoms with E-state index in [1.807, 2.05) is 54.6 Å². The zero-order chi connectivity index (χ0) is 20.8. The molecule has 4 rings (SSSR count). The highest BCUT2D eigenvalue weighted by Gasteiger charge is 2.07. The van der Waals surface area contributed by atoms with Crippen molar-refractivity contribution in [2.24, 2.45) is 0 Å². The zero-order valence-corrected chi connectivity index (χ0v) is 16.7. The molecule has 0 spiro atoms. The van der Waals surface area contributed by atoms with E-state index in [2.05, 4.69) is 25.6 Å². The first-order valence-electron chi connectivity index (χ1n) is 9.28. The number of carbonyl (C=O) groups excluding carboxylic acids is 1. The molecule has 2 heterocycles. The van der Waals surface area contributed by atoms with Crippen molar-refractivity contribution in [2.45, 2.75) is 5.88 Å². The summed E-state index contributed by atoms with van der Waals surface area (Å²) >= 11 is 5.78. The largest absolute Gasteiger partial charge is 0.324 e. The van der Waals surface area contributed by atoms with E-state index in [-0.39, 0.29) is 5.91 Å². The van der Waals surface area contributed by atoms with Crippen LogP contribution in [0.25, 0.3) is 11.3 Å². The van der Waals surface area contributed by atoms with Gasteiger partial charge in [0, 0.05) is 47.0 Å². The van der Waals surface area contributed by atoms with Crippen molar-refractivity contribution in [2.75, 3.05) is 10.6 Å². The van der Waals surface area contributed by atoms with E-state index in [0.29, 0.717) is 23.1 Å². The number of hydrogen-bond acceptors (Lipinski definition) is 5. The minimum absolute atomic E-state index is 0.177. The van der Waals surface area contributed by atoms with Crippen molar-refractivity contribution >= 4 is 34.8 Å². The molecule has 2 N–H and O–H groups in total. The summed E-state index contributed by atoms with van der Waals surface area (Å²) in [5, 5.41) is 6.05. The summed E-state index contributed by atoms with van der Waals surface area (Å²) in [6.07, 6.45) is 5.17. The van der Waals surface area contributed by atoms with Crippen LogP contribution in [0.1, 0.15) is 15.9 Å². The average molecular weight is 416 g/mol. The van der Waals surface area contributed by atoms with Crippen LogP contribution in [0.3, 0.4) is 0 Å². The number of carbonyl (C=O) groups is 1. The molecule has 0 unspecified atom stereocenters. The SMILES string of the molecule is O=C(Nc1ccc(Nc2nccc(-c3cccnc3)n2)cc1)c1ccc(CCl)cc1. The molecule has 2 aromatic carbocycles. The van der Waals surface area contributed by atoms with Gasteiger partial charge < -0.3 is 10.6 Å². The second-order valence-corrected chi connectivity index (χ2v) is 6.76. The number of alkyl halides is 1. The molecule has 0 radical (unpaired) electrons. The number of hydrogen-bond donors (Lipinski definition) is 2. The van der Waals surface area contributed by atoms with E-state index in [4.69, 9.17) is 11.6 Å². The molecule has 0 bridgehead atoms. The van der Waals surface area contributed by atoms with Gasteiger partial charge in [0.15, 0.2) is 0 Å². The number of nitrogens with one attached hydrogen (secondary N) is 2. The van der Waals surface area contributed by atoms with Gasteiger partial charge in [-0.2, -0.15) is 0 Å². The van der Waals surface area contributed by atoms with Gasteiger partial charge in [-0.15, -0.1) is 11.6 Å². The standard InChI is InChI=1S/C23H18ClN5O/c24-14-16-3-5-17(6-4-16)22(30)27-19-7-9-20(10-8-19)28-23-26-13-11-21(29-23)18-2-1-12-25-15-18/h1-13,15H,14H2,(H,27,30)(H,26,28,29). The molecule has 0 fully saturated rings. The Labute approximate surface area is 179 Å². The van der Waals surface area contributed by atoms with Crippen molar-refractivity contribution in [3.8, 4) is 11.3 Å². The Balaban J connectivity index is 1.42. The maximum Gasteiger partial charge on any atom is 0.255 e. The van der Waals surface area contributed by atoms with Crippen LogP contribution in [-0.2, 0) is 5.88 Å². The lowest BCUT2D eigenvalue weighted by Gasteiger charge is -2.09. The van der Waals surface area contributed by atoms with Gasteiger partial charge in [-0.1, -0.05) is 12.1 Å². The third kappa shape index (κ3) is 4.79. The van der Waals surface area contributed by atoms with Crippen LogP contribution in [0.5, 0.6) is 0 Å². The number of amides is 1. The van der Waals surface area contributed by atoms with Crippen molar-refractivity contribution in [1.82, 2.24) is 15.0 Å². The fourth-order valence-electron chi connectivity index (χ4n) is 2.81. The summed E-state index contributed by atoms with van der Waals surface area (Å²) in [4.78, 5) is 25.3. The van der Waals surface area contributed by atoms with E-state index >= 15 is 0 Å². The highest BCUT2D eigenvalue weighted by Crippen LogP contribution is 2.20. The van der Waals surface area contributed by atoms with E-state index < -0.39 is 0 Å². The van der Waals surface area contributed by atoms with Gasteiger partial charge >= 0.3 is 0 Å². The fraction of sp³-hybridized carbons (Fsp3) is 0.0435. The van der Waals surface area contributed by atoms with Gasteiger partial charge in [-0.05, 0) is 60.2 Å². The van der Waals surface area contributed by atoms with Crippen LogP contribution in [-0.4, -0.2) is 20.9 Å². The summed E-state index contributed by atoms with van der Waals surface area (Å²) in [6.45, 7) is 0. The molecule has 0 aliphatic rings. The minimum Gasteiger partial charge on any atom is -0.324 e. The maximum absolute atomic E-state index is 12.4. The Hall–Kier alpha value is -3.77. The summed E-state index contributed by atoms with van der Waals surface area (Å²) in [6, 6.07) is 20.2. The van der Waals surface area contributed by atoms with Gasteiger partial charge in [-0.25, -0.2) is 9.97 Å². The molecule has 0 atom stereocenters. The van der Waals surface area contributed by atoms with Gasteiger partial charge in [0.1, 0.15) is 0 Å². The Bertz CT molecular complexity index is 1130. The van der Waals surface area contributed by atoms with Crippen LogP contribution in [0, 0.1) is 0 Å². The van der Waals surface area contributed by atoms with E-state index in [1.54, 1.807) is 30.7 Å². The predicted molar refractivity (Wildman–Crippen MR) is 119 cm³/mol. The van der Waals surface area contributed by atoms with Crippen molar-refractivity contribution in [3.63, 3.8) is 0 Å². The number of anilines is 3. The number of aromatic nitrogens is 3. The van der Waals surface area contributed by atoms with Crippen molar-refractivity contribution in [1.29, 1.82) is 0 Å². The van der Waals surface area contributed by atoms with Gasteiger partial charge in [0.05, 0.1) is 5.69 Å². The molecule has 0 aliphatic carbocycles. The smallest absolute Gasteiger partial charge is 0.255 e. The van der Waals surface area contributed by atoms with E-state index in [9.17, 15) is 4.79 Å². The predicted octanol–water partition coefficient (Wildman–Crippen LogP) is 5.27. The van der Waals surface area contributed by atoms with Gasteiger partial charge in [0.2, 0.25) is 5.95 Å². The average Bonchev–Trinajstić information content (AvgIpc) is 2.81. The molecule has 7 heteroatoms. The topological polar surface area (TPSA) is 79.8 Å². The summed E-state index contributed by atoms with van der Waals surface area (Å²) in [5.41, 5.74) is 4.75. The highest BCUT2D eigenvalue weighted by molar-refractivity contribution is 6.17. The molecule has 0 saturated carbocycles. The summed E-state index contributed by atoms with van der Waals surface area (Å²) in [5.74, 6) is 0.724. The molecule has 4 aromatic rings. The molecular formula is C23H18ClN5O. The lowest BCUT2D eigenvalue weighted by atomic mass is 10.1. The Kier molecular flexibility index (Phi) is 5.96. The highest BCUT2D eigenvalue weighted by atomic mass is 35.5. The van der Waals surface area contributed by atoms with Gasteiger partial charge in [0.25, 0.3) is 5.91 Å². The second-order valence-electron chi connectivity index (χ2n) is 6.49. The lowest BCUT2D eigenvalue weighted by Crippen LogP contribution is -2.11. The Morgan fingerprint density at radius 3 is 2.37 bits per heavy atom. The fourth-order valence-corrected chi connectivity index (χ4v) is 2.99. The number of rotatable bonds is 6. The monoisotopic (exact) mass is 415 g/mol. The number of nitrogens with zero attached hydrogens (tertiary/aromatic N) is 3. The third-order valence-electron chi connectivity index (χ3n) is 4.38. The molecule has 0 saturated heterocycles. The quantitative estimate of drug-likeness (QED) is 0.419. The molecule has 148 valence electrons. The number of pyridine rings is 1. The number of halogens is 1. The Morgan fingerprint density at radius 2 is 1.67 bits per heavy atom. The normalized spacial score (nSPS) is 10.4. The van der Waals surface area contributed by atoms with Crippen LogP contribution in [0.2, 0.25) is 0 Å². The molecule has 6 nitrogen and oxygen atoms in total. The maximum atomic E-state index is 12.4. The first-order valence-corrected chi connectivity index (χ1v) is 9.81. The molecule has 2 aromatic heterocycles. The van der Waals surface area contributed by atoms with Gasteiger partial charge in [-0.3, -0.25) is 9.78 Å². The first-order chi connectivity index (χ1) is 14.7. The molecule has 0 aliphatic heterocycles. The third-order valence-corrected chi connectivity index (χ3v) is 4.69. The Morgan fingerprint density at radius 1 is 0.900 bits per heavy atom. The lowest BCUT2D eigenvalue weighted by molar-refractivity contribution is 0.102. The van der Waals surface area contributed by atoms with Crippen molar-refractivity contribution < 1.29 is 4.79 Å². The molecule has 30 heavy (non-hydrogen) atoms. The van der Waals surface area contributed by atoms with E-state index in [1.165, 1.54) is 0 Å². The minimum atomic E-state index is -0.177. The second kappa shape index (κ2) is 9.15. The van der Waals surface area contributed by atoms with Crippen LogP contribution < -0.4 is 10.6 Å². The van der Waals surface area contributed by atoms with Crippen molar-refractivity contribution in [3.05, 3.63) is 96.4 Å². The van der Waals surface area contributed by atoms with Crippen LogP contribution >= 0.6 is 11.6 Å². The summed E-state index contributed by atoms with van der Waals surface area (Å²) in [7, 11) is 0.